The topological polar surface area (TPSA) is 93.7 Å². The first-order valence-corrected chi connectivity index (χ1v) is 10.1. The highest BCUT2D eigenvalue weighted by molar-refractivity contribution is 7.89. The lowest BCUT2D eigenvalue weighted by Gasteiger charge is -2.14. The summed E-state index contributed by atoms with van der Waals surface area (Å²) in [6.45, 7) is 3.66. The highest BCUT2D eigenvalue weighted by atomic mass is 32.2. The van der Waals surface area contributed by atoms with Crippen LogP contribution in [0.15, 0.2) is 47.4 Å². The van der Waals surface area contributed by atoms with Gasteiger partial charge in [0.2, 0.25) is 10.0 Å². The molecule has 0 saturated carbocycles. The van der Waals surface area contributed by atoms with Gasteiger partial charge in [-0.05, 0) is 56.3 Å². The zero-order valence-electron chi connectivity index (χ0n) is 15.9. The lowest BCUT2D eigenvalue weighted by molar-refractivity contribution is 0.0940. The number of halogens is 1. The normalized spacial score (nSPS) is 11.3. The Kier molecular flexibility index (Phi) is 7.36. The summed E-state index contributed by atoms with van der Waals surface area (Å²) >= 11 is 0. The molecule has 9 heteroatoms. The number of hydrogen-bond acceptors (Lipinski definition) is 5. The Morgan fingerprint density at radius 2 is 1.82 bits per heavy atom. The molecule has 0 unspecified atom stereocenters. The van der Waals surface area contributed by atoms with Crippen LogP contribution in [0.5, 0.6) is 11.5 Å². The Labute approximate surface area is 163 Å². The van der Waals surface area contributed by atoms with Crippen LogP contribution >= 0.6 is 0 Å². The second-order valence-corrected chi connectivity index (χ2v) is 7.96. The van der Waals surface area contributed by atoms with Crippen molar-refractivity contribution in [1.29, 1.82) is 0 Å². The van der Waals surface area contributed by atoms with Crippen LogP contribution in [0.1, 0.15) is 24.2 Å². The third kappa shape index (κ3) is 5.93. The second kappa shape index (κ2) is 9.52. The van der Waals surface area contributed by atoms with Crippen molar-refractivity contribution >= 4 is 15.9 Å². The van der Waals surface area contributed by atoms with Gasteiger partial charge in [0.05, 0.1) is 17.6 Å². The number of methoxy groups -OCH3 is 1. The van der Waals surface area contributed by atoms with E-state index in [0.29, 0.717) is 5.75 Å². The summed E-state index contributed by atoms with van der Waals surface area (Å²) < 4.78 is 50.7. The predicted octanol–water partition coefficient (Wildman–Crippen LogP) is 2.33. The van der Waals surface area contributed by atoms with Crippen molar-refractivity contribution in [2.45, 2.75) is 24.8 Å². The molecule has 7 nitrogen and oxygen atoms in total. The standard InChI is InChI=1S/C19H23FN2O5S/c1-13(2)22-19(23)17-12-16(8-9-18(17)26-3)28(24,25)21-10-11-27-15-6-4-14(20)5-7-15/h4-9,12-13,21H,10-11H2,1-3H3,(H,22,23). The van der Waals surface area contributed by atoms with Gasteiger partial charge in [-0.3, -0.25) is 4.79 Å². The summed E-state index contributed by atoms with van der Waals surface area (Å²) in [6.07, 6.45) is 0. The third-order valence-electron chi connectivity index (χ3n) is 3.62. The van der Waals surface area contributed by atoms with Gasteiger partial charge in [0.25, 0.3) is 5.91 Å². The van der Waals surface area contributed by atoms with Crippen LogP contribution in [-0.4, -0.2) is 40.6 Å². The Morgan fingerprint density at radius 1 is 1.14 bits per heavy atom. The first-order valence-electron chi connectivity index (χ1n) is 8.60. The SMILES string of the molecule is COc1ccc(S(=O)(=O)NCCOc2ccc(F)cc2)cc1C(=O)NC(C)C. The van der Waals surface area contributed by atoms with Crippen LogP contribution in [0.2, 0.25) is 0 Å². The molecule has 2 aromatic carbocycles. The molecule has 0 bridgehead atoms. The van der Waals surface area contributed by atoms with E-state index in [2.05, 4.69) is 10.0 Å². The van der Waals surface area contributed by atoms with E-state index in [1.165, 1.54) is 49.6 Å². The zero-order chi connectivity index (χ0) is 20.7. The highest BCUT2D eigenvalue weighted by Crippen LogP contribution is 2.22. The smallest absolute Gasteiger partial charge is 0.255 e. The Morgan fingerprint density at radius 3 is 2.43 bits per heavy atom. The molecule has 28 heavy (non-hydrogen) atoms. The molecule has 2 rings (SSSR count). The van der Waals surface area contributed by atoms with Gasteiger partial charge in [-0.1, -0.05) is 0 Å². The van der Waals surface area contributed by atoms with Crippen LogP contribution in [0.3, 0.4) is 0 Å². The molecule has 152 valence electrons. The molecule has 0 radical (unpaired) electrons. The van der Waals surface area contributed by atoms with Crippen molar-refractivity contribution in [3.63, 3.8) is 0 Å². The van der Waals surface area contributed by atoms with Crippen molar-refractivity contribution in [2.24, 2.45) is 0 Å². The van der Waals surface area contributed by atoms with E-state index in [0.717, 1.165) is 0 Å². The minimum Gasteiger partial charge on any atom is -0.496 e. The van der Waals surface area contributed by atoms with Crippen molar-refractivity contribution in [3.8, 4) is 11.5 Å². The number of amides is 1. The van der Waals surface area contributed by atoms with Gasteiger partial charge in [0.15, 0.2) is 0 Å². The molecular weight excluding hydrogens is 387 g/mol. The number of rotatable bonds is 9. The van der Waals surface area contributed by atoms with Crippen LogP contribution in [0, 0.1) is 5.82 Å². The average molecular weight is 410 g/mol. The highest BCUT2D eigenvalue weighted by Gasteiger charge is 2.20. The molecule has 1 amide bonds. The number of sulfonamides is 1. The number of carbonyl (C=O) groups excluding carboxylic acids is 1. The lowest BCUT2D eigenvalue weighted by Crippen LogP contribution is -2.31. The molecule has 0 fully saturated rings. The van der Waals surface area contributed by atoms with Gasteiger partial charge in [0.1, 0.15) is 23.9 Å². The molecule has 0 saturated heterocycles. The maximum absolute atomic E-state index is 12.8. The maximum Gasteiger partial charge on any atom is 0.255 e. The third-order valence-corrected chi connectivity index (χ3v) is 5.08. The summed E-state index contributed by atoms with van der Waals surface area (Å²) in [6, 6.07) is 9.34. The molecule has 2 N–H and O–H groups in total. The maximum atomic E-state index is 12.8. The minimum absolute atomic E-state index is 0.000731. The fourth-order valence-corrected chi connectivity index (χ4v) is 3.37. The van der Waals surface area contributed by atoms with Crippen LogP contribution in [0.25, 0.3) is 0 Å². The van der Waals surface area contributed by atoms with Gasteiger partial charge in [0, 0.05) is 12.6 Å². The minimum atomic E-state index is -3.86. The molecular formula is C19H23FN2O5S. The molecule has 0 spiro atoms. The first-order chi connectivity index (χ1) is 13.2. The van der Waals surface area contributed by atoms with Crippen LogP contribution in [-0.2, 0) is 10.0 Å². The lowest BCUT2D eigenvalue weighted by atomic mass is 10.2. The summed E-state index contributed by atoms with van der Waals surface area (Å²) in [5.41, 5.74) is 0.127. The van der Waals surface area contributed by atoms with Crippen molar-refractivity contribution in [1.82, 2.24) is 10.0 Å². The van der Waals surface area contributed by atoms with Crippen LogP contribution in [0.4, 0.5) is 4.39 Å². The van der Waals surface area contributed by atoms with Gasteiger partial charge in [-0.15, -0.1) is 0 Å². The fourth-order valence-electron chi connectivity index (χ4n) is 2.33. The van der Waals surface area contributed by atoms with Crippen molar-refractivity contribution in [2.75, 3.05) is 20.3 Å². The molecule has 0 aliphatic carbocycles. The van der Waals surface area contributed by atoms with Gasteiger partial charge < -0.3 is 14.8 Å². The number of ether oxygens (including phenoxy) is 2. The van der Waals surface area contributed by atoms with E-state index < -0.39 is 15.9 Å². The Bertz CT molecular complexity index is 914. The van der Waals surface area contributed by atoms with E-state index in [9.17, 15) is 17.6 Å². The fraction of sp³-hybridized carbons (Fsp3) is 0.316. The molecule has 0 heterocycles. The van der Waals surface area contributed by atoms with Crippen molar-refractivity contribution in [3.05, 3.63) is 53.8 Å². The number of nitrogens with one attached hydrogen (secondary N) is 2. The predicted molar refractivity (Wildman–Crippen MR) is 103 cm³/mol. The van der Waals surface area contributed by atoms with Crippen LogP contribution < -0.4 is 19.5 Å². The Hall–Kier alpha value is -2.65. The molecule has 0 aromatic heterocycles. The summed E-state index contributed by atoms with van der Waals surface area (Å²) in [5, 5.41) is 2.71. The largest absolute Gasteiger partial charge is 0.496 e. The number of carbonyl (C=O) groups is 1. The van der Waals surface area contributed by atoms with Gasteiger partial charge >= 0.3 is 0 Å². The summed E-state index contributed by atoms with van der Waals surface area (Å²) in [4.78, 5) is 12.2. The Balaban J connectivity index is 2.05. The van der Waals surface area contributed by atoms with Gasteiger partial charge in [-0.2, -0.15) is 0 Å². The van der Waals surface area contributed by atoms with E-state index >= 15 is 0 Å². The van der Waals surface area contributed by atoms with E-state index in [4.69, 9.17) is 9.47 Å². The van der Waals surface area contributed by atoms with Crippen molar-refractivity contribution < 1.29 is 27.1 Å². The average Bonchev–Trinajstić information content (AvgIpc) is 2.65. The van der Waals surface area contributed by atoms with E-state index in [1.54, 1.807) is 13.8 Å². The molecule has 0 aliphatic rings. The summed E-state index contributed by atoms with van der Waals surface area (Å²) in [7, 11) is -2.45. The van der Waals surface area contributed by atoms with E-state index in [-0.39, 0.29) is 41.2 Å². The number of benzene rings is 2. The summed E-state index contributed by atoms with van der Waals surface area (Å²) in [5.74, 6) is -0.108. The quantitative estimate of drug-likeness (QED) is 0.619. The molecule has 0 atom stereocenters. The second-order valence-electron chi connectivity index (χ2n) is 6.19. The first kappa shape index (κ1) is 21.6. The zero-order valence-corrected chi connectivity index (χ0v) is 16.7. The van der Waals surface area contributed by atoms with Gasteiger partial charge in [-0.25, -0.2) is 17.5 Å². The molecule has 0 aliphatic heterocycles. The molecule has 2 aromatic rings. The monoisotopic (exact) mass is 410 g/mol. The van der Waals surface area contributed by atoms with E-state index in [1.807, 2.05) is 0 Å². The number of hydrogen-bond donors (Lipinski definition) is 2.